The molecule has 0 radical (unpaired) electrons. The zero-order valence-corrected chi connectivity index (χ0v) is 18.2. The molecule has 0 saturated heterocycles. The number of aliphatic carboxylic acids is 1. The average molecular weight is 463 g/mol. The van der Waals surface area contributed by atoms with E-state index in [1.54, 1.807) is 13.8 Å². The Hall–Kier alpha value is -2.87. The Morgan fingerprint density at radius 2 is 1.32 bits per heavy atom. The summed E-state index contributed by atoms with van der Waals surface area (Å²) >= 11 is 3.96. The monoisotopic (exact) mass is 462 g/mol. The SMILES string of the molecule is CC(C)C(N)C(=O)NC(CCC(N)=O)C(=O)NC(CS)C(=O)NC(CC(N)=O)C(=O)O. The lowest BCUT2D eigenvalue weighted by atomic mass is 10.0. The van der Waals surface area contributed by atoms with Gasteiger partial charge < -0.3 is 38.3 Å². The number of amides is 5. The van der Waals surface area contributed by atoms with Crippen molar-refractivity contribution in [2.75, 3.05) is 5.75 Å². The van der Waals surface area contributed by atoms with Gasteiger partial charge in [-0.2, -0.15) is 12.6 Å². The number of hydrogen-bond donors (Lipinski definition) is 8. The van der Waals surface area contributed by atoms with Gasteiger partial charge in [0.15, 0.2) is 0 Å². The van der Waals surface area contributed by atoms with Crippen LogP contribution in [0.1, 0.15) is 33.1 Å². The number of carbonyl (C=O) groups is 6. The van der Waals surface area contributed by atoms with Gasteiger partial charge in [-0.15, -0.1) is 0 Å². The van der Waals surface area contributed by atoms with Crippen LogP contribution in [-0.4, -0.2) is 70.5 Å². The first kappa shape index (κ1) is 28.1. The van der Waals surface area contributed by atoms with Crippen LogP contribution in [0, 0.1) is 5.92 Å². The molecule has 5 amide bonds. The van der Waals surface area contributed by atoms with Gasteiger partial charge in [-0.3, -0.25) is 24.0 Å². The van der Waals surface area contributed by atoms with Crippen molar-refractivity contribution in [1.29, 1.82) is 0 Å². The number of carboxylic acid groups (broad SMARTS) is 1. The van der Waals surface area contributed by atoms with Crippen LogP contribution in [0.15, 0.2) is 0 Å². The largest absolute Gasteiger partial charge is 0.480 e. The maximum atomic E-state index is 12.6. The fourth-order valence-corrected chi connectivity index (χ4v) is 2.52. The zero-order valence-electron chi connectivity index (χ0n) is 17.3. The fourth-order valence-electron chi connectivity index (χ4n) is 2.27. The van der Waals surface area contributed by atoms with Crippen molar-refractivity contribution in [3.8, 4) is 0 Å². The molecule has 10 N–H and O–H groups in total. The van der Waals surface area contributed by atoms with Crippen LogP contribution in [0.4, 0.5) is 0 Å². The predicted molar refractivity (Wildman–Crippen MR) is 112 cm³/mol. The van der Waals surface area contributed by atoms with E-state index in [1.165, 1.54) is 0 Å². The molecule has 0 fully saturated rings. The molecule has 0 aliphatic carbocycles. The molecule has 0 aromatic rings. The molecule has 0 rings (SSSR count). The van der Waals surface area contributed by atoms with Crippen molar-refractivity contribution < 1.29 is 33.9 Å². The molecule has 4 atom stereocenters. The Bertz CT molecular complexity index is 702. The van der Waals surface area contributed by atoms with E-state index >= 15 is 0 Å². The maximum absolute atomic E-state index is 12.6. The minimum atomic E-state index is -1.60. The quantitative estimate of drug-likeness (QED) is 0.121. The van der Waals surface area contributed by atoms with Crippen LogP contribution in [0.25, 0.3) is 0 Å². The van der Waals surface area contributed by atoms with Crippen molar-refractivity contribution >= 4 is 48.1 Å². The number of nitrogens with two attached hydrogens (primary N) is 3. The summed E-state index contributed by atoms with van der Waals surface area (Å²) in [5, 5.41) is 15.9. The summed E-state index contributed by atoms with van der Waals surface area (Å²) in [4.78, 5) is 70.4. The third-order valence-corrected chi connectivity index (χ3v) is 4.53. The summed E-state index contributed by atoms with van der Waals surface area (Å²) in [6.45, 7) is 3.41. The highest BCUT2D eigenvalue weighted by Crippen LogP contribution is 2.04. The Morgan fingerprint density at radius 3 is 1.74 bits per heavy atom. The number of hydrogen-bond acceptors (Lipinski definition) is 8. The smallest absolute Gasteiger partial charge is 0.326 e. The first-order valence-electron chi connectivity index (χ1n) is 9.37. The van der Waals surface area contributed by atoms with E-state index in [4.69, 9.17) is 22.3 Å². The molecule has 0 spiro atoms. The lowest BCUT2D eigenvalue weighted by molar-refractivity contribution is -0.143. The van der Waals surface area contributed by atoms with Crippen molar-refractivity contribution in [3.63, 3.8) is 0 Å². The summed E-state index contributed by atoms with van der Waals surface area (Å²) in [6.07, 6.45) is -1.04. The van der Waals surface area contributed by atoms with Crippen LogP contribution >= 0.6 is 12.6 Å². The van der Waals surface area contributed by atoms with Gasteiger partial charge in [0, 0.05) is 12.2 Å². The third kappa shape index (κ3) is 10.6. The van der Waals surface area contributed by atoms with Crippen molar-refractivity contribution in [3.05, 3.63) is 0 Å². The number of nitrogens with one attached hydrogen (secondary N) is 3. The van der Waals surface area contributed by atoms with Gasteiger partial charge in [0.05, 0.1) is 12.5 Å². The Kier molecular flexibility index (Phi) is 12.2. The molecule has 176 valence electrons. The van der Waals surface area contributed by atoms with Gasteiger partial charge >= 0.3 is 5.97 Å². The minimum Gasteiger partial charge on any atom is -0.480 e. The molecule has 13 nitrogen and oxygen atoms in total. The lowest BCUT2D eigenvalue weighted by Gasteiger charge is -2.24. The van der Waals surface area contributed by atoms with Crippen LogP contribution in [0.5, 0.6) is 0 Å². The lowest BCUT2D eigenvalue weighted by Crippen LogP contribution is -2.58. The highest BCUT2D eigenvalue weighted by atomic mass is 32.1. The zero-order chi connectivity index (χ0) is 24.3. The van der Waals surface area contributed by atoms with Crippen LogP contribution < -0.4 is 33.2 Å². The Balaban J connectivity index is 5.32. The number of rotatable bonds is 14. The van der Waals surface area contributed by atoms with E-state index in [2.05, 4.69) is 28.6 Å². The summed E-state index contributed by atoms with van der Waals surface area (Å²) in [6, 6.07) is -5.06. The number of thiol groups is 1. The first-order chi connectivity index (χ1) is 14.3. The predicted octanol–water partition coefficient (Wildman–Crippen LogP) is -3.42. The van der Waals surface area contributed by atoms with Crippen LogP contribution in [0.3, 0.4) is 0 Å². The molecule has 0 saturated carbocycles. The second kappa shape index (κ2) is 13.4. The van der Waals surface area contributed by atoms with Crippen molar-refractivity contribution in [2.24, 2.45) is 23.1 Å². The van der Waals surface area contributed by atoms with Gasteiger partial charge in [0.1, 0.15) is 18.1 Å². The Labute approximate surface area is 184 Å². The standard InChI is InChI=1S/C17H30N6O7S/c1-7(2)13(20)16(28)21-8(3-4-11(18)24)14(26)23-10(6-31)15(27)22-9(17(29)30)5-12(19)25/h7-10,13,31H,3-6,20H2,1-2H3,(H2,18,24)(H2,19,25)(H,21,28)(H,22,27)(H,23,26)(H,29,30). The highest BCUT2D eigenvalue weighted by Gasteiger charge is 2.30. The Morgan fingerprint density at radius 1 is 0.839 bits per heavy atom. The normalized spacial score (nSPS) is 14.6. The molecule has 31 heavy (non-hydrogen) atoms. The summed E-state index contributed by atoms with van der Waals surface area (Å²) in [5.41, 5.74) is 15.8. The van der Waals surface area contributed by atoms with Crippen molar-refractivity contribution in [1.82, 2.24) is 16.0 Å². The second-order valence-corrected chi connectivity index (χ2v) is 7.51. The average Bonchev–Trinajstić information content (AvgIpc) is 2.66. The topological polar surface area (TPSA) is 237 Å². The first-order valence-corrected chi connectivity index (χ1v) is 10.00. The molecular weight excluding hydrogens is 432 g/mol. The second-order valence-electron chi connectivity index (χ2n) is 7.15. The summed E-state index contributed by atoms with van der Waals surface area (Å²) in [7, 11) is 0. The van der Waals surface area contributed by atoms with Gasteiger partial charge in [-0.1, -0.05) is 13.8 Å². The molecule has 0 aliphatic rings. The van der Waals surface area contributed by atoms with Gasteiger partial charge in [0.2, 0.25) is 29.5 Å². The van der Waals surface area contributed by atoms with Gasteiger partial charge in [-0.05, 0) is 12.3 Å². The molecule has 0 aromatic heterocycles. The number of carboxylic acids is 1. The molecule has 0 aliphatic heterocycles. The molecule has 14 heteroatoms. The van der Waals surface area contributed by atoms with Crippen LogP contribution in [0.2, 0.25) is 0 Å². The van der Waals surface area contributed by atoms with Gasteiger partial charge in [0.25, 0.3) is 0 Å². The molecule has 4 unspecified atom stereocenters. The van der Waals surface area contributed by atoms with E-state index < -0.39 is 66.1 Å². The molecular formula is C17H30N6O7S. The molecule has 0 heterocycles. The van der Waals surface area contributed by atoms with Crippen molar-refractivity contribution in [2.45, 2.75) is 57.3 Å². The van der Waals surface area contributed by atoms with E-state index in [0.29, 0.717) is 0 Å². The summed E-state index contributed by atoms with van der Waals surface area (Å²) < 4.78 is 0. The molecule has 0 bridgehead atoms. The maximum Gasteiger partial charge on any atom is 0.326 e. The van der Waals surface area contributed by atoms with E-state index in [0.717, 1.165) is 0 Å². The number of primary amides is 2. The van der Waals surface area contributed by atoms with Gasteiger partial charge in [-0.25, -0.2) is 4.79 Å². The third-order valence-electron chi connectivity index (χ3n) is 4.17. The highest BCUT2D eigenvalue weighted by molar-refractivity contribution is 7.80. The fraction of sp³-hybridized carbons (Fsp3) is 0.647. The number of carbonyl (C=O) groups excluding carboxylic acids is 5. The summed E-state index contributed by atoms with van der Waals surface area (Å²) in [5.74, 6) is -6.02. The van der Waals surface area contributed by atoms with E-state index in [-0.39, 0.29) is 24.5 Å². The minimum absolute atomic E-state index is 0.155. The van der Waals surface area contributed by atoms with Crippen LogP contribution in [-0.2, 0) is 28.8 Å². The molecule has 0 aromatic carbocycles. The van der Waals surface area contributed by atoms with E-state index in [9.17, 15) is 28.8 Å². The van der Waals surface area contributed by atoms with E-state index in [1.807, 2.05) is 0 Å².